The predicted octanol–water partition coefficient (Wildman–Crippen LogP) is 4.20. The Morgan fingerprint density at radius 3 is 2.04 bits per heavy atom. The van der Waals surface area contributed by atoms with E-state index in [4.69, 9.17) is 0 Å². The maximum atomic E-state index is 13.2. The van der Waals surface area contributed by atoms with Gasteiger partial charge in [-0.05, 0) is 17.7 Å². The molecule has 0 saturated heterocycles. The second kappa shape index (κ2) is 6.82. The summed E-state index contributed by atoms with van der Waals surface area (Å²) >= 11 is 0. The van der Waals surface area contributed by atoms with Crippen LogP contribution in [0.4, 0.5) is 26.3 Å². The molecule has 0 fully saturated rings. The average Bonchev–Trinajstić information content (AvgIpc) is 2.52. The lowest BCUT2D eigenvalue weighted by atomic mass is 10.1. The smallest absolute Gasteiger partial charge is 0.419 e. The van der Waals surface area contributed by atoms with E-state index in [-0.39, 0.29) is 6.07 Å². The number of alkyl halides is 6. The minimum Gasteiger partial charge on any atom is -0.775 e. The molecule has 3 nitrogen and oxygen atoms in total. The normalized spacial score (nSPS) is 16.3. The fourth-order valence-electron chi connectivity index (χ4n) is 2.00. The largest absolute Gasteiger partial charge is 0.775 e. The van der Waals surface area contributed by atoms with E-state index in [1.165, 1.54) is 18.2 Å². The van der Waals surface area contributed by atoms with Crippen molar-refractivity contribution in [3.63, 3.8) is 0 Å². The van der Waals surface area contributed by atoms with E-state index >= 15 is 0 Å². The van der Waals surface area contributed by atoms with E-state index in [2.05, 4.69) is 4.52 Å². The highest BCUT2D eigenvalue weighted by Gasteiger charge is 2.45. The molecule has 25 heavy (non-hydrogen) atoms. The molecule has 0 aliphatic carbocycles. The molecular weight excluding hydrogens is 373 g/mol. The van der Waals surface area contributed by atoms with Gasteiger partial charge in [0.1, 0.15) is 0 Å². The lowest BCUT2D eigenvalue weighted by Crippen LogP contribution is -2.28. The van der Waals surface area contributed by atoms with Gasteiger partial charge >= 0.3 is 12.4 Å². The molecule has 0 N–H and O–H groups in total. The van der Waals surface area contributed by atoms with Crippen LogP contribution in [0.1, 0.15) is 17.2 Å². The molecule has 136 valence electrons. The summed E-state index contributed by atoms with van der Waals surface area (Å²) in [6.45, 7) is 0. The van der Waals surface area contributed by atoms with Crippen LogP contribution in [-0.2, 0) is 15.3 Å². The van der Waals surface area contributed by atoms with Gasteiger partial charge < -0.3 is 14.0 Å². The van der Waals surface area contributed by atoms with Crippen LogP contribution in [0.2, 0.25) is 0 Å². The number of hydrogen-bond acceptors (Lipinski definition) is 3. The van der Waals surface area contributed by atoms with Crippen molar-refractivity contribution >= 4 is 12.9 Å². The van der Waals surface area contributed by atoms with Crippen LogP contribution in [0.15, 0.2) is 54.6 Å². The van der Waals surface area contributed by atoms with Crippen molar-refractivity contribution in [2.45, 2.75) is 18.5 Å². The molecule has 0 aromatic heterocycles. The standard InChI is InChI=1S/C15H11F6O3P/c16-14(17,18)11-6-4-5-10(9-11)13(15(19,20)21)24-25(22,23)12-7-2-1-3-8-12/h1-9,13H,(H,22,23)/p-1/t13-/m0/s1. The van der Waals surface area contributed by atoms with Crippen LogP contribution in [0.5, 0.6) is 0 Å². The van der Waals surface area contributed by atoms with Gasteiger partial charge in [-0.25, -0.2) is 0 Å². The first-order chi connectivity index (χ1) is 11.4. The molecule has 0 heterocycles. The summed E-state index contributed by atoms with van der Waals surface area (Å²) in [5.41, 5.74) is -2.31. The minimum atomic E-state index is -5.24. The van der Waals surface area contributed by atoms with Crippen molar-refractivity contribution in [3.8, 4) is 0 Å². The second-order valence-electron chi connectivity index (χ2n) is 4.98. The molecule has 0 radical (unpaired) electrons. The van der Waals surface area contributed by atoms with Crippen LogP contribution in [0.25, 0.3) is 0 Å². The van der Waals surface area contributed by atoms with Gasteiger partial charge in [0.15, 0.2) is 13.7 Å². The zero-order valence-corrected chi connectivity index (χ0v) is 13.1. The molecule has 0 aliphatic heterocycles. The summed E-state index contributed by atoms with van der Waals surface area (Å²) in [4.78, 5) is 12.0. The fourth-order valence-corrected chi connectivity index (χ4v) is 3.18. The van der Waals surface area contributed by atoms with Crippen molar-refractivity contribution < 1.29 is 40.3 Å². The summed E-state index contributed by atoms with van der Waals surface area (Å²) in [6, 6.07) is 8.29. The number of hydrogen-bond donors (Lipinski definition) is 0. The van der Waals surface area contributed by atoms with Gasteiger partial charge in [0, 0.05) is 5.30 Å². The van der Waals surface area contributed by atoms with Crippen LogP contribution >= 0.6 is 7.60 Å². The summed E-state index contributed by atoms with van der Waals surface area (Å²) < 4.78 is 94.0. The highest BCUT2D eigenvalue weighted by Crippen LogP contribution is 2.48. The van der Waals surface area contributed by atoms with Gasteiger partial charge in [-0.2, -0.15) is 26.3 Å². The van der Waals surface area contributed by atoms with E-state index in [0.717, 1.165) is 24.3 Å². The Morgan fingerprint density at radius 1 is 0.920 bits per heavy atom. The Labute approximate surface area is 138 Å². The number of halogens is 6. The first-order valence-electron chi connectivity index (χ1n) is 6.70. The van der Waals surface area contributed by atoms with Crippen LogP contribution in [-0.4, -0.2) is 6.18 Å². The zero-order chi connectivity index (χ0) is 18.9. The molecule has 10 heteroatoms. The van der Waals surface area contributed by atoms with Gasteiger partial charge in [-0.3, -0.25) is 0 Å². The van der Waals surface area contributed by atoms with E-state index in [1.807, 2.05) is 0 Å². The molecule has 2 aromatic carbocycles. The summed E-state index contributed by atoms with van der Waals surface area (Å²) in [7, 11) is -5.17. The van der Waals surface area contributed by atoms with Crippen molar-refractivity contribution in [2.24, 2.45) is 0 Å². The van der Waals surface area contributed by atoms with E-state index in [9.17, 15) is 35.8 Å². The first kappa shape index (κ1) is 19.5. The molecule has 1 unspecified atom stereocenters. The fraction of sp³-hybridized carbons (Fsp3) is 0.200. The minimum absolute atomic E-state index is 0.211. The molecule has 0 saturated carbocycles. The summed E-state index contributed by atoms with van der Waals surface area (Å²) in [6.07, 6.45) is -13.2. The van der Waals surface area contributed by atoms with Gasteiger partial charge in [0.25, 0.3) is 0 Å². The Bertz CT molecular complexity index is 773. The highest BCUT2D eigenvalue weighted by atomic mass is 31.2. The van der Waals surface area contributed by atoms with Crippen LogP contribution < -0.4 is 10.2 Å². The SMILES string of the molecule is O=P([O-])(O[C@@H](c1cccc(C(F)(F)F)c1)C(F)(F)F)c1ccccc1. The topological polar surface area (TPSA) is 49.4 Å². The van der Waals surface area contributed by atoms with E-state index in [1.54, 1.807) is 0 Å². The van der Waals surface area contributed by atoms with Gasteiger partial charge in [-0.1, -0.05) is 42.5 Å². The van der Waals surface area contributed by atoms with Crippen molar-refractivity contribution in [1.29, 1.82) is 0 Å². The first-order valence-corrected chi connectivity index (χ1v) is 8.24. The third kappa shape index (κ3) is 4.84. The Hall–Kier alpha value is -1.83. The maximum absolute atomic E-state index is 13.2. The van der Waals surface area contributed by atoms with Crippen LogP contribution in [0.3, 0.4) is 0 Å². The summed E-state index contributed by atoms with van der Waals surface area (Å²) in [5.74, 6) is 0. The molecule has 2 aromatic rings. The van der Waals surface area contributed by atoms with Crippen LogP contribution in [0, 0.1) is 0 Å². The van der Waals surface area contributed by atoms with Gasteiger partial charge in [0.05, 0.1) is 5.56 Å². The molecule has 0 spiro atoms. The molecule has 2 atom stereocenters. The molecule has 0 aliphatic rings. The monoisotopic (exact) mass is 383 g/mol. The maximum Gasteiger partial charge on any atom is 0.419 e. The average molecular weight is 383 g/mol. The number of rotatable bonds is 4. The Balaban J connectivity index is 2.44. The third-order valence-electron chi connectivity index (χ3n) is 3.13. The van der Waals surface area contributed by atoms with Crippen molar-refractivity contribution in [1.82, 2.24) is 0 Å². The molecule has 0 amide bonds. The quantitative estimate of drug-likeness (QED) is 0.587. The Morgan fingerprint density at radius 2 is 1.52 bits per heavy atom. The van der Waals surface area contributed by atoms with Gasteiger partial charge in [-0.15, -0.1) is 0 Å². The third-order valence-corrected chi connectivity index (χ3v) is 4.55. The van der Waals surface area contributed by atoms with E-state index < -0.39 is 42.5 Å². The van der Waals surface area contributed by atoms with E-state index in [0.29, 0.717) is 6.07 Å². The highest BCUT2D eigenvalue weighted by molar-refractivity contribution is 7.59. The lowest BCUT2D eigenvalue weighted by Gasteiger charge is -2.30. The second-order valence-corrected chi connectivity index (χ2v) is 6.71. The van der Waals surface area contributed by atoms with Gasteiger partial charge in [0.2, 0.25) is 0 Å². The lowest BCUT2D eigenvalue weighted by molar-refractivity contribution is -0.237. The molecule has 0 bridgehead atoms. The van der Waals surface area contributed by atoms with Crippen molar-refractivity contribution in [2.75, 3.05) is 0 Å². The predicted molar refractivity (Wildman–Crippen MR) is 75.0 cm³/mol. The van der Waals surface area contributed by atoms with Crippen molar-refractivity contribution in [3.05, 3.63) is 65.7 Å². The molecular formula is C15H10F6O3P-. The summed E-state index contributed by atoms with van der Waals surface area (Å²) in [5, 5.41) is -0.517. The Kier molecular flexibility index (Phi) is 5.32. The number of benzene rings is 2. The molecule has 2 rings (SSSR count). The zero-order valence-electron chi connectivity index (χ0n) is 12.2.